The Kier molecular flexibility index (Phi) is 7.29. The maximum absolute atomic E-state index is 11.3. The van der Waals surface area contributed by atoms with Crippen LogP contribution in [0.25, 0.3) is 0 Å². The molecule has 2 N–H and O–H groups in total. The van der Waals surface area contributed by atoms with E-state index in [1.807, 2.05) is 13.8 Å². The number of aliphatic hydroxyl groups excluding tert-OH is 1. The molecule has 5 heteroatoms. The first kappa shape index (κ1) is 15.3. The fourth-order valence-electron chi connectivity index (χ4n) is 1.29. The molecule has 0 spiro atoms. The van der Waals surface area contributed by atoms with Crippen molar-refractivity contribution in [3.05, 3.63) is 0 Å². The molecule has 0 aromatic carbocycles. The van der Waals surface area contributed by atoms with Gasteiger partial charge in [0.05, 0.1) is 25.2 Å². The average molecular weight is 233 g/mol. The van der Waals surface area contributed by atoms with Gasteiger partial charge in [-0.1, -0.05) is 0 Å². The van der Waals surface area contributed by atoms with E-state index in [9.17, 15) is 9.90 Å². The van der Waals surface area contributed by atoms with Gasteiger partial charge in [0.1, 0.15) is 0 Å². The van der Waals surface area contributed by atoms with Gasteiger partial charge in [0.2, 0.25) is 0 Å². The van der Waals surface area contributed by atoms with Crippen LogP contribution in [0, 0.1) is 5.41 Å². The minimum Gasteiger partial charge on any atom is -0.469 e. The van der Waals surface area contributed by atoms with E-state index in [1.54, 1.807) is 7.11 Å². The highest BCUT2D eigenvalue weighted by Gasteiger charge is 2.27. The highest BCUT2D eigenvalue weighted by Crippen LogP contribution is 2.15. The average Bonchev–Trinajstić information content (AvgIpc) is 2.23. The van der Waals surface area contributed by atoms with Crippen LogP contribution in [0.5, 0.6) is 0 Å². The molecule has 0 radical (unpaired) electrons. The van der Waals surface area contributed by atoms with Crippen molar-refractivity contribution >= 4 is 5.97 Å². The summed E-state index contributed by atoms with van der Waals surface area (Å²) in [5.74, 6) is -0.238. The van der Waals surface area contributed by atoms with Crippen molar-refractivity contribution in [1.29, 1.82) is 0 Å². The summed E-state index contributed by atoms with van der Waals surface area (Å²) in [6.45, 7) is 5.14. The summed E-state index contributed by atoms with van der Waals surface area (Å²) in [5.41, 5.74) is -0.541. The third-order valence-corrected chi connectivity index (χ3v) is 2.32. The van der Waals surface area contributed by atoms with Crippen molar-refractivity contribution in [2.24, 2.45) is 5.41 Å². The largest absolute Gasteiger partial charge is 0.469 e. The molecule has 0 amide bonds. The van der Waals surface area contributed by atoms with Crippen molar-refractivity contribution in [1.82, 2.24) is 5.32 Å². The Morgan fingerprint density at radius 1 is 1.44 bits per heavy atom. The maximum Gasteiger partial charge on any atom is 0.312 e. The Morgan fingerprint density at radius 3 is 2.56 bits per heavy atom. The summed E-state index contributed by atoms with van der Waals surface area (Å²) in [6, 6.07) is 0. The summed E-state index contributed by atoms with van der Waals surface area (Å²) in [6.07, 6.45) is 0.143. The second-order valence-corrected chi connectivity index (χ2v) is 4.45. The molecule has 1 unspecified atom stereocenters. The number of rotatable bonds is 8. The van der Waals surface area contributed by atoms with Crippen LogP contribution in [0.4, 0.5) is 0 Å². The van der Waals surface area contributed by atoms with Gasteiger partial charge < -0.3 is 19.9 Å². The lowest BCUT2D eigenvalue weighted by molar-refractivity contribution is -0.150. The summed E-state index contributed by atoms with van der Waals surface area (Å²) in [7, 11) is 2.93. The van der Waals surface area contributed by atoms with Crippen LogP contribution in [-0.2, 0) is 14.3 Å². The van der Waals surface area contributed by atoms with Crippen LogP contribution < -0.4 is 5.32 Å². The van der Waals surface area contributed by atoms with Gasteiger partial charge in [0.15, 0.2) is 0 Å². The van der Waals surface area contributed by atoms with Gasteiger partial charge in [-0.05, 0) is 26.8 Å². The van der Waals surface area contributed by atoms with Crippen molar-refractivity contribution in [3.8, 4) is 0 Å². The summed E-state index contributed by atoms with van der Waals surface area (Å²) >= 11 is 0. The van der Waals surface area contributed by atoms with Gasteiger partial charge in [0.25, 0.3) is 0 Å². The summed E-state index contributed by atoms with van der Waals surface area (Å²) < 4.78 is 9.49. The zero-order valence-electron chi connectivity index (χ0n) is 10.6. The van der Waals surface area contributed by atoms with E-state index in [0.29, 0.717) is 26.1 Å². The number of carbonyl (C=O) groups excluding carboxylic acids is 1. The Labute approximate surface area is 97.1 Å². The lowest BCUT2D eigenvalue weighted by atomic mass is 9.94. The zero-order chi connectivity index (χ0) is 12.6. The fraction of sp³-hybridized carbons (Fsp3) is 0.909. The predicted octanol–water partition coefficient (Wildman–Crippen LogP) is 0.173. The van der Waals surface area contributed by atoms with Crippen LogP contribution in [0.2, 0.25) is 0 Å². The molecule has 0 aliphatic heterocycles. The molecule has 0 saturated carbocycles. The zero-order valence-corrected chi connectivity index (χ0v) is 10.6. The first-order valence-electron chi connectivity index (χ1n) is 5.40. The first-order chi connectivity index (χ1) is 7.44. The lowest BCUT2D eigenvalue weighted by Crippen LogP contribution is -2.38. The molecule has 96 valence electrons. The lowest BCUT2D eigenvalue weighted by Gasteiger charge is -2.22. The van der Waals surface area contributed by atoms with Gasteiger partial charge in [0, 0.05) is 13.7 Å². The molecule has 0 rings (SSSR count). The van der Waals surface area contributed by atoms with E-state index in [4.69, 9.17) is 4.74 Å². The van der Waals surface area contributed by atoms with Crippen LogP contribution >= 0.6 is 0 Å². The molecule has 0 bridgehead atoms. The first-order valence-corrected chi connectivity index (χ1v) is 5.40. The van der Waals surface area contributed by atoms with E-state index >= 15 is 0 Å². The SMILES string of the molecule is COCC(O)CCNCC(C)(C)C(=O)OC. The second-order valence-electron chi connectivity index (χ2n) is 4.45. The summed E-state index contributed by atoms with van der Waals surface area (Å²) in [4.78, 5) is 11.3. The van der Waals surface area contributed by atoms with E-state index in [0.717, 1.165) is 0 Å². The molecular formula is C11H23NO4. The topological polar surface area (TPSA) is 67.8 Å². The van der Waals surface area contributed by atoms with Gasteiger partial charge in [-0.25, -0.2) is 0 Å². The molecule has 0 heterocycles. The number of hydrogen-bond donors (Lipinski definition) is 2. The third-order valence-electron chi connectivity index (χ3n) is 2.32. The Morgan fingerprint density at radius 2 is 2.06 bits per heavy atom. The number of methoxy groups -OCH3 is 2. The van der Waals surface area contributed by atoms with E-state index in [1.165, 1.54) is 7.11 Å². The standard InChI is InChI=1S/C11H23NO4/c1-11(2,10(14)16-4)8-12-6-5-9(13)7-15-3/h9,12-13H,5-8H2,1-4H3. The molecule has 0 saturated heterocycles. The van der Waals surface area contributed by atoms with Gasteiger partial charge in [-0.15, -0.1) is 0 Å². The van der Waals surface area contributed by atoms with Gasteiger partial charge in [-0.2, -0.15) is 0 Å². The molecule has 0 fully saturated rings. The van der Waals surface area contributed by atoms with Gasteiger partial charge in [-0.3, -0.25) is 4.79 Å². The number of aliphatic hydroxyl groups is 1. The summed E-state index contributed by atoms with van der Waals surface area (Å²) in [5, 5.41) is 12.5. The maximum atomic E-state index is 11.3. The Bertz CT molecular complexity index is 206. The monoisotopic (exact) mass is 233 g/mol. The number of esters is 1. The van der Waals surface area contributed by atoms with Gasteiger partial charge >= 0.3 is 5.97 Å². The molecule has 0 aliphatic carbocycles. The molecule has 5 nitrogen and oxygen atoms in total. The van der Waals surface area contributed by atoms with Crippen molar-refractivity contribution in [3.63, 3.8) is 0 Å². The van der Waals surface area contributed by atoms with Crippen LogP contribution in [0.1, 0.15) is 20.3 Å². The second kappa shape index (κ2) is 7.60. The Balaban J connectivity index is 3.69. The van der Waals surface area contributed by atoms with E-state index in [-0.39, 0.29) is 5.97 Å². The number of hydrogen-bond acceptors (Lipinski definition) is 5. The fourth-order valence-corrected chi connectivity index (χ4v) is 1.29. The molecule has 16 heavy (non-hydrogen) atoms. The normalized spacial score (nSPS) is 13.6. The predicted molar refractivity (Wildman–Crippen MR) is 61.2 cm³/mol. The third kappa shape index (κ3) is 6.05. The number of ether oxygens (including phenoxy) is 2. The van der Waals surface area contributed by atoms with E-state index < -0.39 is 11.5 Å². The minimum atomic E-state index is -0.541. The molecular weight excluding hydrogens is 210 g/mol. The van der Waals surface area contributed by atoms with E-state index in [2.05, 4.69) is 10.1 Å². The van der Waals surface area contributed by atoms with Crippen molar-refractivity contribution < 1.29 is 19.4 Å². The molecule has 0 aromatic rings. The Hall–Kier alpha value is -0.650. The molecule has 0 aliphatic rings. The number of nitrogens with one attached hydrogen (secondary N) is 1. The van der Waals surface area contributed by atoms with Crippen LogP contribution in [-0.4, -0.2) is 51.1 Å². The number of carbonyl (C=O) groups is 1. The smallest absolute Gasteiger partial charge is 0.312 e. The minimum absolute atomic E-state index is 0.238. The molecule has 0 aromatic heterocycles. The molecule has 1 atom stereocenters. The highest BCUT2D eigenvalue weighted by atomic mass is 16.5. The van der Waals surface area contributed by atoms with Crippen molar-refractivity contribution in [2.45, 2.75) is 26.4 Å². The van der Waals surface area contributed by atoms with Crippen LogP contribution in [0.3, 0.4) is 0 Å². The quantitative estimate of drug-likeness (QED) is 0.462. The van der Waals surface area contributed by atoms with Crippen LogP contribution in [0.15, 0.2) is 0 Å². The highest BCUT2D eigenvalue weighted by molar-refractivity contribution is 5.75. The van der Waals surface area contributed by atoms with Crippen molar-refractivity contribution in [2.75, 3.05) is 33.9 Å².